The van der Waals surface area contributed by atoms with Crippen LogP contribution in [0.1, 0.15) is 50.7 Å². The molecule has 2 N–H and O–H groups in total. The zero-order valence-electron chi connectivity index (χ0n) is 18.2. The van der Waals surface area contributed by atoms with Crippen molar-refractivity contribution in [3.05, 3.63) is 72.4 Å². The summed E-state index contributed by atoms with van der Waals surface area (Å²) in [6.45, 7) is 8.20. The Morgan fingerprint density at radius 1 is 1.29 bits per heavy atom. The summed E-state index contributed by atoms with van der Waals surface area (Å²) in [5.74, 6) is 0.943. The van der Waals surface area contributed by atoms with E-state index >= 15 is 0 Å². The third-order valence-electron chi connectivity index (χ3n) is 6.33. The van der Waals surface area contributed by atoms with E-state index in [2.05, 4.69) is 60.3 Å². The van der Waals surface area contributed by atoms with Crippen molar-refractivity contribution in [2.75, 3.05) is 0 Å². The monoisotopic (exact) mass is 432 g/mol. The minimum atomic E-state index is -0.188. The maximum atomic E-state index is 6.59. The number of pyridine rings is 1. The zero-order valence-corrected chi connectivity index (χ0v) is 18.9. The first kappa shape index (κ1) is 21.5. The van der Waals surface area contributed by atoms with Gasteiger partial charge in [0, 0.05) is 28.9 Å². The van der Waals surface area contributed by atoms with Crippen molar-refractivity contribution in [1.29, 1.82) is 0 Å². The van der Waals surface area contributed by atoms with Gasteiger partial charge in [-0.05, 0) is 61.6 Å². The number of nitrogens with zero attached hydrogens (tertiary/aromatic N) is 3. The van der Waals surface area contributed by atoms with E-state index in [-0.39, 0.29) is 11.5 Å². The Morgan fingerprint density at radius 3 is 2.58 bits per heavy atom. The molecule has 1 aliphatic carbocycles. The van der Waals surface area contributed by atoms with Crippen LogP contribution in [0.25, 0.3) is 23.2 Å². The maximum Gasteiger partial charge on any atom is 0.146 e. The van der Waals surface area contributed by atoms with Crippen LogP contribution >= 0.6 is 11.6 Å². The molecule has 1 unspecified atom stereocenters. The van der Waals surface area contributed by atoms with E-state index in [1.165, 1.54) is 12.0 Å². The standard InChI is InChI=1S/C26H29ClN4/c1-4-18(3)24(27)30-25-19(5-2)17-23(22-9-6-7-16-29-22)31(25)21-12-10-20(11-13-21)26(28)14-8-15-26/h5-7,9-13,16-18H,2,4,8,14-15,28H2,1,3H3. The lowest BCUT2D eigenvalue weighted by molar-refractivity contribution is 0.253. The van der Waals surface area contributed by atoms with Crippen molar-refractivity contribution >= 4 is 28.7 Å². The van der Waals surface area contributed by atoms with Crippen molar-refractivity contribution in [2.45, 2.75) is 45.1 Å². The van der Waals surface area contributed by atoms with Gasteiger partial charge >= 0.3 is 0 Å². The van der Waals surface area contributed by atoms with Crippen LogP contribution in [0.15, 0.2) is 66.3 Å². The van der Waals surface area contributed by atoms with Crippen molar-refractivity contribution in [2.24, 2.45) is 16.6 Å². The number of hydrogen-bond acceptors (Lipinski definition) is 3. The molecule has 31 heavy (non-hydrogen) atoms. The van der Waals surface area contributed by atoms with Gasteiger partial charge in [0.05, 0.1) is 11.4 Å². The lowest BCUT2D eigenvalue weighted by atomic mass is 9.73. The fourth-order valence-corrected chi connectivity index (χ4v) is 4.15. The second-order valence-electron chi connectivity index (χ2n) is 8.36. The molecule has 1 fully saturated rings. The molecule has 1 aliphatic rings. The van der Waals surface area contributed by atoms with Crippen LogP contribution in [0, 0.1) is 5.92 Å². The van der Waals surface area contributed by atoms with Crippen molar-refractivity contribution in [3.8, 4) is 17.1 Å². The summed E-state index contributed by atoms with van der Waals surface area (Å²) in [5, 5.41) is 0.588. The molecule has 4 nitrogen and oxygen atoms in total. The molecule has 0 saturated heterocycles. The summed E-state index contributed by atoms with van der Waals surface area (Å²) in [4.78, 5) is 9.42. The fourth-order valence-electron chi connectivity index (χ4n) is 3.92. The SMILES string of the molecule is C=Cc1cc(-c2ccccn2)n(-c2ccc(C3(N)CCC3)cc2)c1N=C(Cl)C(C)CC. The van der Waals surface area contributed by atoms with E-state index < -0.39 is 0 Å². The largest absolute Gasteiger partial charge is 0.321 e. The van der Waals surface area contributed by atoms with Gasteiger partial charge in [0.25, 0.3) is 0 Å². The number of hydrogen-bond donors (Lipinski definition) is 1. The quantitative estimate of drug-likeness (QED) is 0.415. The van der Waals surface area contributed by atoms with Gasteiger partial charge < -0.3 is 5.73 Å². The minimum Gasteiger partial charge on any atom is -0.321 e. The second kappa shape index (κ2) is 8.81. The van der Waals surface area contributed by atoms with Crippen LogP contribution in [0.5, 0.6) is 0 Å². The highest BCUT2D eigenvalue weighted by molar-refractivity contribution is 6.66. The van der Waals surface area contributed by atoms with Crippen molar-refractivity contribution in [3.63, 3.8) is 0 Å². The van der Waals surface area contributed by atoms with Gasteiger partial charge in [-0.25, -0.2) is 4.99 Å². The van der Waals surface area contributed by atoms with E-state index in [4.69, 9.17) is 22.3 Å². The molecular weight excluding hydrogens is 404 g/mol. The van der Waals surface area contributed by atoms with E-state index in [0.717, 1.165) is 47.7 Å². The first-order valence-corrected chi connectivity index (χ1v) is 11.3. The van der Waals surface area contributed by atoms with E-state index in [0.29, 0.717) is 5.17 Å². The maximum absolute atomic E-state index is 6.59. The summed E-state index contributed by atoms with van der Waals surface area (Å²) in [5.41, 5.74) is 11.2. The van der Waals surface area contributed by atoms with E-state index in [1.54, 1.807) is 6.20 Å². The number of rotatable bonds is 7. The van der Waals surface area contributed by atoms with Crippen LogP contribution in [0.2, 0.25) is 0 Å². The third-order valence-corrected chi connectivity index (χ3v) is 6.79. The molecule has 0 bridgehead atoms. The predicted octanol–water partition coefficient (Wildman–Crippen LogP) is 6.84. The smallest absolute Gasteiger partial charge is 0.146 e. The molecule has 0 aliphatic heterocycles. The molecule has 160 valence electrons. The molecule has 1 atom stereocenters. The average molecular weight is 433 g/mol. The van der Waals surface area contributed by atoms with E-state index in [9.17, 15) is 0 Å². The lowest BCUT2D eigenvalue weighted by Gasteiger charge is -2.38. The Bertz CT molecular complexity index is 1090. The molecule has 1 aromatic carbocycles. The third kappa shape index (κ3) is 4.10. The van der Waals surface area contributed by atoms with Gasteiger partial charge in [0.15, 0.2) is 0 Å². The van der Waals surface area contributed by atoms with Crippen LogP contribution in [0.4, 0.5) is 5.82 Å². The first-order valence-electron chi connectivity index (χ1n) is 10.9. The van der Waals surface area contributed by atoms with Gasteiger partial charge in [-0.2, -0.15) is 0 Å². The molecule has 2 heterocycles. The summed E-state index contributed by atoms with van der Waals surface area (Å²) >= 11 is 6.59. The Morgan fingerprint density at radius 2 is 2.03 bits per heavy atom. The Kier molecular flexibility index (Phi) is 6.12. The highest BCUT2D eigenvalue weighted by Gasteiger charge is 2.34. The van der Waals surface area contributed by atoms with Crippen LogP contribution < -0.4 is 5.73 Å². The van der Waals surface area contributed by atoms with Gasteiger partial charge in [0.2, 0.25) is 0 Å². The first-order chi connectivity index (χ1) is 15.0. The van der Waals surface area contributed by atoms with Crippen molar-refractivity contribution < 1.29 is 0 Å². The number of aromatic nitrogens is 2. The van der Waals surface area contributed by atoms with Crippen LogP contribution in [-0.2, 0) is 5.54 Å². The van der Waals surface area contributed by atoms with Crippen LogP contribution in [-0.4, -0.2) is 14.7 Å². The molecule has 2 aromatic heterocycles. The molecule has 4 rings (SSSR count). The normalized spacial score (nSPS) is 16.6. The highest BCUT2D eigenvalue weighted by atomic mass is 35.5. The van der Waals surface area contributed by atoms with Gasteiger partial charge in [0.1, 0.15) is 11.0 Å². The Hall–Kier alpha value is -2.69. The lowest BCUT2D eigenvalue weighted by Crippen LogP contribution is -2.43. The molecule has 1 saturated carbocycles. The average Bonchev–Trinajstić information content (AvgIpc) is 3.15. The van der Waals surface area contributed by atoms with Gasteiger partial charge in [-0.1, -0.05) is 56.3 Å². The summed E-state index contributed by atoms with van der Waals surface area (Å²) < 4.78 is 2.11. The summed E-state index contributed by atoms with van der Waals surface area (Å²) in [6, 6.07) is 16.5. The summed E-state index contributed by atoms with van der Waals surface area (Å²) in [6.07, 6.45) is 7.81. The fraction of sp³-hybridized carbons (Fsp3) is 0.308. The topological polar surface area (TPSA) is 56.2 Å². The van der Waals surface area contributed by atoms with Crippen molar-refractivity contribution in [1.82, 2.24) is 9.55 Å². The Balaban J connectivity index is 1.89. The molecule has 0 spiro atoms. The van der Waals surface area contributed by atoms with E-state index in [1.807, 2.05) is 24.3 Å². The van der Waals surface area contributed by atoms with Crippen LogP contribution in [0.3, 0.4) is 0 Å². The number of benzene rings is 1. The molecular formula is C26H29ClN4. The molecule has 5 heteroatoms. The van der Waals surface area contributed by atoms with Gasteiger partial charge in [-0.15, -0.1) is 0 Å². The van der Waals surface area contributed by atoms with Gasteiger partial charge in [-0.3, -0.25) is 9.55 Å². The number of halogens is 1. The Labute approximate surface area is 189 Å². The number of nitrogens with two attached hydrogens (primary N) is 1. The predicted molar refractivity (Wildman–Crippen MR) is 131 cm³/mol. The molecule has 3 aromatic rings. The highest BCUT2D eigenvalue weighted by Crippen LogP contribution is 2.40. The molecule has 0 radical (unpaired) electrons. The minimum absolute atomic E-state index is 0.180. The summed E-state index contributed by atoms with van der Waals surface area (Å²) in [7, 11) is 0. The second-order valence-corrected chi connectivity index (χ2v) is 8.75. The zero-order chi connectivity index (χ0) is 22.0. The number of aliphatic imine (C=N–C) groups is 1. The molecule has 0 amide bonds.